The molecule has 1 atom stereocenters. The SMILES string of the molecule is CC(C(=O)O)c1c2c(nn1C)CCCCC2. The van der Waals surface area contributed by atoms with Gasteiger partial charge in [-0.1, -0.05) is 6.42 Å². The number of nitrogens with zero attached hydrogens (tertiary/aromatic N) is 2. The van der Waals surface area contributed by atoms with Gasteiger partial charge in [0.05, 0.1) is 17.3 Å². The highest BCUT2D eigenvalue weighted by molar-refractivity contribution is 5.75. The Labute approximate surface area is 95.3 Å². The maximum absolute atomic E-state index is 11.1. The average molecular weight is 222 g/mol. The molecule has 1 unspecified atom stereocenters. The molecule has 4 heteroatoms. The Bertz CT molecular complexity index is 409. The van der Waals surface area contributed by atoms with Crippen LogP contribution in [0, 0.1) is 0 Å². The zero-order valence-corrected chi connectivity index (χ0v) is 9.86. The van der Waals surface area contributed by atoms with Crippen molar-refractivity contribution in [2.45, 2.75) is 44.9 Å². The summed E-state index contributed by atoms with van der Waals surface area (Å²) in [5, 5.41) is 13.6. The summed E-state index contributed by atoms with van der Waals surface area (Å²) in [6.45, 7) is 1.74. The van der Waals surface area contributed by atoms with Crippen LogP contribution in [0.15, 0.2) is 0 Å². The van der Waals surface area contributed by atoms with Gasteiger partial charge in [-0.2, -0.15) is 5.10 Å². The fourth-order valence-electron chi connectivity index (χ4n) is 2.54. The van der Waals surface area contributed by atoms with Crippen LogP contribution in [-0.4, -0.2) is 20.9 Å². The normalized spacial score (nSPS) is 17.6. The molecule has 0 saturated carbocycles. The first-order valence-corrected chi connectivity index (χ1v) is 5.88. The van der Waals surface area contributed by atoms with Crippen molar-refractivity contribution in [3.8, 4) is 0 Å². The lowest BCUT2D eigenvalue weighted by Crippen LogP contribution is -2.13. The van der Waals surface area contributed by atoms with Crippen molar-refractivity contribution >= 4 is 5.97 Å². The first kappa shape index (κ1) is 11.2. The van der Waals surface area contributed by atoms with Crippen molar-refractivity contribution in [1.29, 1.82) is 0 Å². The Morgan fingerprint density at radius 2 is 2.06 bits per heavy atom. The summed E-state index contributed by atoms with van der Waals surface area (Å²) in [6.07, 6.45) is 5.52. The molecule has 1 aliphatic rings. The molecule has 0 aliphatic heterocycles. The molecule has 0 radical (unpaired) electrons. The van der Waals surface area contributed by atoms with Gasteiger partial charge in [0.15, 0.2) is 0 Å². The molecule has 1 aromatic heterocycles. The van der Waals surface area contributed by atoms with E-state index in [1.54, 1.807) is 11.6 Å². The second kappa shape index (κ2) is 4.28. The van der Waals surface area contributed by atoms with Gasteiger partial charge in [-0.05, 0) is 38.2 Å². The van der Waals surface area contributed by atoms with Crippen LogP contribution in [-0.2, 0) is 24.7 Å². The van der Waals surface area contributed by atoms with Crippen molar-refractivity contribution in [2.24, 2.45) is 7.05 Å². The minimum absolute atomic E-state index is 0.459. The maximum Gasteiger partial charge on any atom is 0.312 e. The van der Waals surface area contributed by atoms with Crippen LogP contribution < -0.4 is 0 Å². The highest BCUT2D eigenvalue weighted by Crippen LogP contribution is 2.28. The van der Waals surface area contributed by atoms with E-state index in [2.05, 4.69) is 5.10 Å². The summed E-state index contributed by atoms with van der Waals surface area (Å²) >= 11 is 0. The first-order chi connectivity index (χ1) is 7.61. The Morgan fingerprint density at radius 3 is 2.75 bits per heavy atom. The number of hydrogen-bond donors (Lipinski definition) is 1. The number of carbonyl (C=O) groups is 1. The smallest absolute Gasteiger partial charge is 0.312 e. The molecule has 4 nitrogen and oxygen atoms in total. The molecule has 0 aromatic carbocycles. The van der Waals surface area contributed by atoms with E-state index in [4.69, 9.17) is 5.11 Å². The molecule has 0 bridgehead atoms. The van der Waals surface area contributed by atoms with Gasteiger partial charge in [0.1, 0.15) is 0 Å². The summed E-state index contributed by atoms with van der Waals surface area (Å²) in [5.41, 5.74) is 3.20. The number of aryl methyl sites for hydroxylation is 2. The number of fused-ring (bicyclic) bond motifs is 1. The molecule has 16 heavy (non-hydrogen) atoms. The zero-order chi connectivity index (χ0) is 11.7. The van der Waals surface area contributed by atoms with Gasteiger partial charge in [-0.25, -0.2) is 0 Å². The van der Waals surface area contributed by atoms with Crippen LogP contribution in [0.25, 0.3) is 0 Å². The predicted molar refractivity (Wildman–Crippen MR) is 60.5 cm³/mol. The highest BCUT2D eigenvalue weighted by Gasteiger charge is 2.25. The summed E-state index contributed by atoms with van der Waals surface area (Å²) in [5.74, 6) is -1.23. The molecule has 1 aromatic rings. The second-order valence-electron chi connectivity index (χ2n) is 4.55. The lowest BCUT2D eigenvalue weighted by Gasteiger charge is -2.09. The molecule has 88 valence electrons. The number of hydrogen-bond acceptors (Lipinski definition) is 2. The Kier molecular flexibility index (Phi) is 2.99. The lowest BCUT2D eigenvalue weighted by atomic mass is 9.99. The molecule has 1 heterocycles. The van der Waals surface area contributed by atoms with Gasteiger partial charge in [0.2, 0.25) is 0 Å². The van der Waals surface area contributed by atoms with Crippen LogP contribution in [0.4, 0.5) is 0 Å². The van der Waals surface area contributed by atoms with Gasteiger partial charge in [-0.3, -0.25) is 9.48 Å². The van der Waals surface area contributed by atoms with Crippen LogP contribution in [0.1, 0.15) is 49.1 Å². The molecule has 0 amide bonds. The summed E-state index contributed by atoms with van der Waals surface area (Å²) in [6, 6.07) is 0. The molecule has 1 aliphatic carbocycles. The molecule has 2 rings (SSSR count). The van der Waals surface area contributed by atoms with E-state index in [-0.39, 0.29) is 0 Å². The third kappa shape index (κ3) is 1.84. The zero-order valence-electron chi connectivity index (χ0n) is 9.86. The van der Waals surface area contributed by atoms with E-state index in [1.807, 2.05) is 7.05 Å². The second-order valence-corrected chi connectivity index (χ2v) is 4.55. The topological polar surface area (TPSA) is 55.1 Å². The van der Waals surface area contributed by atoms with Crippen molar-refractivity contribution in [1.82, 2.24) is 9.78 Å². The Morgan fingerprint density at radius 1 is 1.38 bits per heavy atom. The van der Waals surface area contributed by atoms with E-state index in [1.165, 1.54) is 18.4 Å². The lowest BCUT2D eigenvalue weighted by molar-refractivity contribution is -0.138. The fraction of sp³-hybridized carbons (Fsp3) is 0.667. The van der Waals surface area contributed by atoms with Crippen LogP contribution in [0.2, 0.25) is 0 Å². The minimum atomic E-state index is -0.768. The quantitative estimate of drug-likeness (QED) is 0.777. The van der Waals surface area contributed by atoms with E-state index >= 15 is 0 Å². The fourth-order valence-corrected chi connectivity index (χ4v) is 2.54. The largest absolute Gasteiger partial charge is 0.481 e. The van der Waals surface area contributed by atoms with Crippen LogP contribution >= 0.6 is 0 Å². The number of rotatable bonds is 2. The predicted octanol–water partition coefficient (Wildman–Crippen LogP) is 1.88. The third-order valence-corrected chi connectivity index (χ3v) is 3.40. The van der Waals surface area contributed by atoms with E-state index in [9.17, 15) is 4.79 Å². The summed E-state index contributed by atoms with van der Waals surface area (Å²) in [7, 11) is 1.85. The van der Waals surface area contributed by atoms with Gasteiger partial charge in [-0.15, -0.1) is 0 Å². The van der Waals surface area contributed by atoms with E-state index in [0.717, 1.165) is 30.7 Å². The number of aromatic nitrogens is 2. The van der Waals surface area contributed by atoms with Gasteiger partial charge < -0.3 is 5.11 Å². The average Bonchev–Trinajstić information content (AvgIpc) is 2.41. The highest BCUT2D eigenvalue weighted by atomic mass is 16.4. The van der Waals surface area contributed by atoms with Crippen LogP contribution in [0.3, 0.4) is 0 Å². The van der Waals surface area contributed by atoms with Gasteiger partial charge >= 0.3 is 5.97 Å². The standard InChI is InChI=1S/C12H18N2O2/c1-8(12(15)16)11-9-6-4-3-5-7-10(9)13-14(11)2/h8H,3-7H2,1-2H3,(H,15,16). The van der Waals surface area contributed by atoms with Crippen molar-refractivity contribution in [3.63, 3.8) is 0 Å². The minimum Gasteiger partial charge on any atom is -0.481 e. The van der Waals surface area contributed by atoms with Crippen molar-refractivity contribution in [2.75, 3.05) is 0 Å². The van der Waals surface area contributed by atoms with Gasteiger partial charge in [0, 0.05) is 7.05 Å². The van der Waals surface area contributed by atoms with Crippen LogP contribution in [0.5, 0.6) is 0 Å². The monoisotopic (exact) mass is 222 g/mol. The van der Waals surface area contributed by atoms with Gasteiger partial charge in [0.25, 0.3) is 0 Å². The van der Waals surface area contributed by atoms with E-state index < -0.39 is 11.9 Å². The maximum atomic E-state index is 11.1. The first-order valence-electron chi connectivity index (χ1n) is 5.88. The molecular formula is C12H18N2O2. The molecule has 0 spiro atoms. The Hall–Kier alpha value is -1.32. The molecule has 1 N–H and O–H groups in total. The van der Waals surface area contributed by atoms with Crippen molar-refractivity contribution < 1.29 is 9.90 Å². The third-order valence-electron chi connectivity index (χ3n) is 3.40. The number of carboxylic acids is 1. The molecule has 0 fully saturated rings. The number of carboxylic acid groups (broad SMARTS) is 1. The summed E-state index contributed by atoms with van der Waals surface area (Å²) < 4.78 is 1.76. The molecule has 0 saturated heterocycles. The van der Waals surface area contributed by atoms with Crippen molar-refractivity contribution in [3.05, 3.63) is 17.0 Å². The number of aliphatic carboxylic acids is 1. The molecular weight excluding hydrogens is 204 g/mol. The summed E-state index contributed by atoms with van der Waals surface area (Å²) in [4.78, 5) is 11.1. The van der Waals surface area contributed by atoms with E-state index in [0.29, 0.717) is 0 Å². The Balaban J connectivity index is 2.44.